The molecule has 0 saturated carbocycles. The van der Waals surface area contributed by atoms with Gasteiger partial charge in [0.25, 0.3) is 0 Å². The lowest BCUT2D eigenvalue weighted by atomic mass is 10.0. The number of piperidine rings is 1. The lowest BCUT2D eigenvalue weighted by Gasteiger charge is -2.30. The van der Waals surface area contributed by atoms with Gasteiger partial charge in [-0.2, -0.15) is 0 Å². The zero-order chi connectivity index (χ0) is 25.0. The monoisotopic (exact) mass is 502 g/mol. The molecule has 2 heterocycles. The Labute approximate surface area is 216 Å². The van der Waals surface area contributed by atoms with E-state index in [1.807, 2.05) is 24.3 Å². The van der Waals surface area contributed by atoms with Gasteiger partial charge in [-0.1, -0.05) is 56.8 Å². The molecule has 0 radical (unpaired) electrons. The molecule has 2 aliphatic heterocycles. The smallest absolute Gasteiger partial charge is 0.244 e. The summed E-state index contributed by atoms with van der Waals surface area (Å²) in [7, 11) is 0. The Hall–Kier alpha value is -1.89. The van der Waals surface area contributed by atoms with Crippen molar-refractivity contribution in [3.63, 3.8) is 0 Å². The largest absolute Gasteiger partial charge is 0.351 e. The minimum atomic E-state index is -0.194. The molecule has 2 atom stereocenters. The average molecular weight is 503 g/mol. The third kappa shape index (κ3) is 9.25. The van der Waals surface area contributed by atoms with Gasteiger partial charge in [-0.25, -0.2) is 0 Å². The molecule has 7 heteroatoms. The molecule has 0 aromatic heterocycles. The number of carbonyl (C=O) groups is 2. The second-order valence-electron chi connectivity index (χ2n) is 9.99. The fourth-order valence-electron chi connectivity index (χ4n) is 5.01. The number of nitrogens with zero attached hydrogens (tertiary/aromatic N) is 2. The molecule has 6 nitrogen and oxygen atoms in total. The van der Waals surface area contributed by atoms with Crippen molar-refractivity contribution in [2.24, 2.45) is 5.92 Å². The number of rotatable bonds is 11. The molecular formula is C28H43ClN4O2. The van der Waals surface area contributed by atoms with Gasteiger partial charge in [-0.15, -0.1) is 0 Å². The third-order valence-corrected chi connectivity index (χ3v) is 7.68. The third-order valence-electron chi connectivity index (χ3n) is 7.43. The zero-order valence-electron chi connectivity index (χ0n) is 21.5. The van der Waals surface area contributed by atoms with Gasteiger partial charge in [0.2, 0.25) is 11.8 Å². The first-order valence-electron chi connectivity index (χ1n) is 13.5. The molecule has 0 aliphatic carbocycles. The van der Waals surface area contributed by atoms with Crippen molar-refractivity contribution in [3.05, 3.63) is 40.9 Å². The Balaban J connectivity index is 1.58. The maximum Gasteiger partial charge on any atom is 0.244 e. The molecule has 0 spiro atoms. The lowest BCUT2D eigenvalue weighted by molar-refractivity contribution is -0.133. The van der Waals surface area contributed by atoms with Crippen LogP contribution in [0.15, 0.2) is 30.3 Å². The van der Waals surface area contributed by atoms with E-state index in [-0.39, 0.29) is 23.9 Å². The molecule has 2 fully saturated rings. The molecule has 1 aromatic rings. The van der Waals surface area contributed by atoms with Crippen molar-refractivity contribution in [2.45, 2.75) is 70.9 Å². The molecule has 194 valence electrons. The maximum absolute atomic E-state index is 13.5. The van der Waals surface area contributed by atoms with E-state index in [2.05, 4.69) is 34.3 Å². The van der Waals surface area contributed by atoms with E-state index in [1.165, 1.54) is 19.3 Å². The normalized spacial score (nSPS) is 22.1. The lowest BCUT2D eigenvalue weighted by Crippen LogP contribution is -2.50. The van der Waals surface area contributed by atoms with Crippen molar-refractivity contribution in [2.75, 3.05) is 39.3 Å². The predicted octanol–water partition coefficient (Wildman–Crippen LogP) is 4.34. The Morgan fingerprint density at radius 3 is 2.54 bits per heavy atom. The Kier molecular flexibility index (Phi) is 11.6. The summed E-state index contributed by atoms with van der Waals surface area (Å²) >= 11 is 5.93. The van der Waals surface area contributed by atoms with Gasteiger partial charge in [-0.05, 0) is 68.5 Å². The van der Waals surface area contributed by atoms with E-state index in [0.717, 1.165) is 64.0 Å². The van der Waals surface area contributed by atoms with Gasteiger partial charge >= 0.3 is 0 Å². The summed E-state index contributed by atoms with van der Waals surface area (Å²) in [6.45, 7) is 9.72. The van der Waals surface area contributed by atoms with E-state index < -0.39 is 0 Å². The molecule has 2 saturated heterocycles. The topological polar surface area (TPSA) is 64.7 Å². The highest BCUT2D eigenvalue weighted by Crippen LogP contribution is 2.17. The molecule has 2 aliphatic rings. The highest BCUT2D eigenvalue weighted by atomic mass is 35.5. The van der Waals surface area contributed by atoms with E-state index in [9.17, 15) is 9.59 Å². The van der Waals surface area contributed by atoms with Crippen LogP contribution in [-0.2, 0) is 9.59 Å². The van der Waals surface area contributed by atoms with Gasteiger partial charge in [0.1, 0.15) is 0 Å². The van der Waals surface area contributed by atoms with E-state index >= 15 is 0 Å². The first-order chi connectivity index (χ1) is 17.0. The minimum absolute atomic E-state index is 0.0740. The van der Waals surface area contributed by atoms with Crippen LogP contribution >= 0.6 is 11.6 Å². The van der Waals surface area contributed by atoms with Crippen LogP contribution in [-0.4, -0.2) is 73.0 Å². The second-order valence-corrected chi connectivity index (χ2v) is 10.4. The van der Waals surface area contributed by atoms with E-state index in [1.54, 1.807) is 12.2 Å². The summed E-state index contributed by atoms with van der Waals surface area (Å²) in [6, 6.07) is 7.26. The summed E-state index contributed by atoms with van der Waals surface area (Å²) in [5.74, 6) is 0.636. The Morgan fingerprint density at radius 1 is 1.14 bits per heavy atom. The van der Waals surface area contributed by atoms with Crippen LogP contribution in [0.25, 0.3) is 6.08 Å². The van der Waals surface area contributed by atoms with Crippen LogP contribution in [0.3, 0.4) is 0 Å². The van der Waals surface area contributed by atoms with Gasteiger partial charge in [0.15, 0.2) is 0 Å². The number of hydrogen-bond acceptors (Lipinski definition) is 4. The summed E-state index contributed by atoms with van der Waals surface area (Å²) < 4.78 is 0. The SMILES string of the molecule is CCC(CC)CN1CCC(CNC(=O)/C=C/c2ccc(Cl)cc2)NC(CCN2CCCCC2)C1=O. The van der Waals surface area contributed by atoms with Crippen molar-refractivity contribution in [1.29, 1.82) is 0 Å². The molecule has 2 N–H and O–H groups in total. The number of benzene rings is 1. The first-order valence-corrected chi connectivity index (χ1v) is 13.8. The summed E-state index contributed by atoms with van der Waals surface area (Å²) in [6.07, 6.45) is 11.0. The predicted molar refractivity (Wildman–Crippen MR) is 144 cm³/mol. The molecule has 1 aromatic carbocycles. The fraction of sp³-hybridized carbons (Fsp3) is 0.643. The number of likely N-dealkylation sites (tertiary alicyclic amines) is 1. The molecule has 0 bridgehead atoms. The fourth-order valence-corrected chi connectivity index (χ4v) is 5.14. The molecule has 3 rings (SSSR count). The molecule has 2 unspecified atom stereocenters. The number of amides is 2. The second kappa shape index (κ2) is 14.6. The van der Waals surface area contributed by atoms with E-state index in [4.69, 9.17) is 11.6 Å². The zero-order valence-corrected chi connectivity index (χ0v) is 22.2. The van der Waals surface area contributed by atoms with Crippen molar-refractivity contribution in [3.8, 4) is 0 Å². The Morgan fingerprint density at radius 2 is 1.86 bits per heavy atom. The van der Waals surface area contributed by atoms with Gasteiger partial charge in [0, 0.05) is 43.3 Å². The number of hydrogen-bond donors (Lipinski definition) is 2. The highest BCUT2D eigenvalue weighted by Gasteiger charge is 2.32. The van der Waals surface area contributed by atoms with Crippen LogP contribution in [0.1, 0.15) is 64.4 Å². The van der Waals surface area contributed by atoms with Gasteiger partial charge in [0.05, 0.1) is 6.04 Å². The quantitative estimate of drug-likeness (QED) is 0.442. The van der Waals surface area contributed by atoms with Crippen molar-refractivity contribution >= 4 is 29.5 Å². The summed E-state index contributed by atoms with van der Waals surface area (Å²) in [5.41, 5.74) is 0.928. The summed E-state index contributed by atoms with van der Waals surface area (Å²) in [4.78, 5) is 30.5. The number of carbonyl (C=O) groups excluding carboxylic acids is 2. The molecule has 35 heavy (non-hydrogen) atoms. The Bertz CT molecular complexity index is 819. The van der Waals surface area contributed by atoms with Crippen LogP contribution in [0.5, 0.6) is 0 Å². The first kappa shape index (κ1) is 27.7. The van der Waals surface area contributed by atoms with Crippen LogP contribution in [0.4, 0.5) is 0 Å². The number of halogens is 1. The van der Waals surface area contributed by atoms with Crippen molar-refractivity contribution < 1.29 is 9.59 Å². The average Bonchev–Trinajstić information content (AvgIpc) is 3.03. The van der Waals surface area contributed by atoms with Crippen LogP contribution < -0.4 is 10.6 Å². The molecular weight excluding hydrogens is 460 g/mol. The van der Waals surface area contributed by atoms with Gasteiger partial charge < -0.3 is 20.4 Å². The molecule has 2 amide bonds. The van der Waals surface area contributed by atoms with Crippen LogP contribution in [0, 0.1) is 5.92 Å². The van der Waals surface area contributed by atoms with E-state index in [0.29, 0.717) is 17.5 Å². The standard InChI is InChI=1S/C28H43ClN4O2/c1-3-22(4-2)21-33-19-14-25(20-30-27(34)13-10-23-8-11-24(29)12-9-23)31-26(28(33)35)15-18-32-16-6-5-7-17-32/h8-13,22,25-26,31H,3-7,14-21H2,1-2H3,(H,30,34)/b13-10+. The number of nitrogens with one attached hydrogen (secondary N) is 2. The summed E-state index contributed by atoms with van der Waals surface area (Å²) in [5, 5.41) is 7.31. The van der Waals surface area contributed by atoms with Gasteiger partial charge in [-0.3, -0.25) is 9.59 Å². The van der Waals surface area contributed by atoms with Crippen LogP contribution in [0.2, 0.25) is 5.02 Å². The maximum atomic E-state index is 13.5. The van der Waals surface area contributed by atoms with Crippen molar-refractivity contribution in [1.82, 2.24) is 20.4 Å². The minimum Gasteiger partial charge on any atom is -0.351 e. The highest BCUT2D eigenvalue weighted by molar-refractivity contribution is 6.30.